The molecule has 2 heterocycles. The Hall–Kier alpha value is -2.55. The lowest BCUT2D eigenvalue weighted by atomic mass is 9.73. The summed E-state index contributed by atoms with van der Waals surface area (Å²) in [5, 5.41) is 4.37. The highest BCUT2D eigenvalue weighted by Crippen LogP contribution is 2.47. The number of rotatable bonds is 2. The van der Waals surface area contributed by atoms with Crippen LogP contribution >= 0.6 is 0 Å². The molecule has 1 saturated heterocycles. The van der Waals surface area contributed by atoms with Gasteiger partial charge in [-0.1, -0.05) is 67.8 Å². The van der Waals surface area contributed by atoms with E-state index in [1.807, 2.05) is 0 Å². The Labute approximate surface area is 167 Å². The number of carbonyl (C=O) groups excluding carboxylic acids is 1. The maximum absolute atomic E-state index is 13.1. The zero-order chi connectivity index (χ0) is 19.1. The van der Waals surface area contributed by atoms with E-state index in [1.54, 1.807) is 0 Å². The molecular weight excluding hydrogens is 344 g/mol. The smallest absolute Gasteiger partial charge is 0.243 e. The molecule has 2 aromatic carbocycles. The lowest BCUT2D eigenvalue weighted by Gasteiger charge is -2.47. The first-order valence-corrected chi connectivity index (χ1v) is 10.7. The van der Waals surface area contributed by atoms with Crippen LogP contribution in [0.1, 0.15) is 56.6 Å². The van der Waals surface area contributed by atoms with Crippen LogP contribution in [0.3, 0.4) is 0 Å². The fourth-order valence-electron chi connectivity index (χ4n) is 5.49. The van der Waals surface area contributed by atoms with Crippen molar-refractivity contribution in [2.24, 2.45) is 5.92 Å². The van der Waals surface area contributed by atoms with E-state index < -0.39 is 0 Å². The molecule has 1 unspecified atom stereocenters. The van der Waals surface area contributed by atoms with Crippen molar-refractivity contribution in [2.45, 2.75) is 51.0 Å². The number of fused-ring (bicyclic) bond motifs is 3. The lowest BCUT2D eigenvalue weighted by molar-refractivity contribution is -0.134. The molecule has 0 N–H and O–H groups in total. The predicted octanol–water partition coefficient (Wildman–Crippen LogP) is 5.42. The summed E-state index contributed by atoms with van der Waals surface area (Å²) in [4.78, 5) is 13.1. The third-order valence-electron chi connectivity index (χ3n) is 6.90. The molecule has 0 radical (unpaired) electrons. The number of hydrazine groups is 1. The van der Waals surface area contributed by atoms with E-state index in [0.29, 0.717) is 12.3 Å². The molecule has 2 fully saturated rings. The van der Waals surface area contributed by atoms with Crippen LogP contribution in [-0.2, 0) is 4.79 Å². The summed E-state index contributed by atoms with van der Waals surface area (Å²) < 4.78 is 0. The highest BCUT2D eigenvalue weighted by molar-refractivity contribution is 5.92. The molecule has 0 aromatic heterocycles. The average molecular weight is 373 g/mol. The molecule has 1 aliphatic carbocycles. The van der Waals surface area contributed by atoms with Gasteiger partial charge < -0.3 is 0 Å². The summed E-state index contributed by atoms with van der Waals surface area (Å²) in [5.74, 6) is 0.757. The average Bonchev–Trinajstić information content (AvgIpc) is 3.10. The second-order valence-electron chi connectivity index (χ2n) is 8.58. The monoisotopic (exact) mass is 372 g/mol. The third-order valence-corrected chi connectivity index (χ3v) is 6.90. The Morgan fingerprint density at radius 2 is 1.64 bits per heavy atom. The zero-order valence-electron chi connectivity index (χ0n) is 16.6. The van der Waals surface area contributed by atoms with E-state index in [1.165, 1.54) is 48.8 Å². The van der Waals surface area contributed by atoms with Crippen LogP contribution in [-0.4, -0.2) is 23.0 Å². The Balaban J connectivity index is 1.75. The second-order valence-corrected chi connectivity index (χ2v) is 8.58. The lowest BCUT2D eigenvalue weighted by Crippen LogP contribution is -2.57. The van der Waals surface area contributed by atoms with Gasteiger partial charge in [0, 0.05) is 18.5 Å². The third kappa shape index (κ3) is 2.68. The van der Waals surface area contributed by atoms with Crippen molar-refractivity contribution in [3.63, 3.8) is 0 Å². The van der Waals surface area contributed by atoms with Crippen molar-refractivity contribution in [3.8, 4) is 0 Å². The number of anilines is 1. The zero-order valence-corrected chi connectivity index (χ0v) is 16.6. The molecule has 1 saturated carbocycles. The van der Waals surface area contributed by atoms with Crippen molar-refractivity contribution in [1.82, 2.24) is 5.01 Å². The Bertz CT molecular complexity index is 913. The molecule has 1 amide bonds. The number of hydrogen-bond donors (Lipinski definition) is 0. The minimum absolute atomic E-state index is 0.258. The minimum Gasteiger partial charge on any atom is -0.281 e. The molecule has 0 spiro atoms. The summed E-state index contributed by atoms with van der Waals surface area (Å²) in [6.45, 7) is 3.07. The number of hydrogen-bond acceptors (Lipinski definition) is 2. The van der Waals surface area contributed by atoms with Crippen LogP contribution in [0.25, 0.3) is 5.57 Å². The van der Waals surface area contributed by atoms with Gasteiger partial charge in [-0.15, -0.1) is 0 Å². The van der Waals surface area contributed by atoms with Crippen LogP contribution in [0, 0.1) is 5.92 Å². The van der Waals surface area contributed by atoms with Gasteiger partial charge in [0.15, 0.2) is 0 Å². The predicted molar refractivity (Wildman–Crippen MR) is 114 cm³/mol. The van der Waals surface area contributed by atoms with Crippen molar-refractivity contribution in [1.29, 1.82) is 0 Å². The van der Waals surface area contributed by atoms with Crippen LogP contribution < -0.4 is 5.01 Å². The molecule has 3 aliphatic rings. The summed E-state index contributed by atoms with van der Waals surface area (Å²) in [5.41, 5.74) is 4.58. The molecule has 0 bridgehead atoms. The van der Waals surface area contributed by atoms with Crippen LogP contribution in [0.5, 0.6) is 0 Å². The largest absolute Gasteiger partial charge is 0.281 e. The Morgan fingerprint density at radius 1 is 0.929 bits per heavy atom. The molecule has 1 atom stereocenters. The number of carbonyl (C=O) groups is 1. The fraction of sp³-hybridized carbons (Fsp3) is 0.400. The van der Waals surface area contributed by atoms with Crippen LogP contribution in [0.15, 0.2) is 60.7 Å². The normalized spacial score (nSPS) is 25.2. The van der Waals surface area contributed by atoms with Gasteiger partial charge in [-0.05, 0) is 49.0 Å². The van der Waals surface area contributed by atoms with Gasteiger partial charge in [0.1, 0.15) is 0 Å². The first-order chi connectivity index (χ1) is 13.7. The SMILES string of the molecule is CC1(C2CCCCC2)C=C(c2ccccc2)c2ccccc2N2CCC(=O)N21. The summed E-state index contributed by atoms with van der Waals surface area (Å²) in [7, 11) is 0. The van der Waals surface area contributed by atoms with Gasteiger partial charge in [0.2, 0.25) is 5.91 Å². The van der Waals surface area contributed by atoms with Gasteiger partial charge in [-0.25, -0.2) is 5.01 Å². The van der Waals surface area contributed by atoms with Crippen LogP contribution in [0.4, 0.5) is 5.69 Å². The molecule has 2 aliphatic heterocycles. The van der Waals surface area contributed by atoms with E-state index >= 15 is 0 Å². The minimum atomic E-state index is -0.293. The van der Waals surface area contributed by atoms with E-state index in [9.17, 15) is 4.79 Å². The molecule has 28 heavy (non-hydrogen) atoms. The van der Waals surface area contributed by atoms with Gasteiger partial charge in [-0.2, -0.15) is 0 Å². The standard InChI is InChI=1S/C25H28N2O/c1-25(20-12-6-3-7-13-20)18-22(19-10-4-2-5-11-19)21-14-8-9-15-23(21)26-17-16-24(28)27(25)26/h2,4-5,8-11,14-15,18,20H,3,6-7,12-13,16-17H2,1H3. The Morgan fingerprint density at radius 3 is 2.43 bits per heavy atom. The first kappa shape index (κ1) is 17.5. The van der Waals surface area contributed by atoms with E-state index in [2.05, 4.69) is 77.6 Å². The van der Waals surface area contributed by atoms with Crippen molar-refractivity contribution in [3.05, 3.63) is 71.8 Å². The maximum atomic E-state index is 13.1. The molecule has 3 nitrogen and oxygen atoms in total. The summed E-state index contributed by atoms with van der Waals surface area (Å²) in [6, 6.07) is 19.2. The van der Waals surface area contributed by atoms with Crippen LogP contribution in [0.2, 0.25) is 0 Å². The molecular formula is C25H28N2O. The van der Waals surface area contributed by atoms with E-state index in [-0.39, 0.29) is 11.4 Å². The molecule has 3 heteroatoms. The van der Waals surface area contributed by atoms with Crippen molar-refractivity contribution in [2.75, 3.05) is 11.6 Å². The van der Waals surface area contributed by atoms with Gasteiger partial charge in [0.05, 0.1) is 11.2 Å². The summed E-state index contributed by atoms with van der Waals surface area (Å²) in [6.07, 6.45) is 9.27. The summed E-state index contributed by atoms with van der Waals surface area (Å²) >= 11 is 0. The highest BCUT2D eigenvalue weighted by Gasteiger charge is 2.48. The van der Waals surface area contributed by atoms with E-state index in [4.69, 9.17) is 0 Å². The van der Waals surface area contributed by atoms with Crippen molar-refractivity contribution < 1.29 is 4.79 Å². The maximum Gasteiger partial charge on any atom is 0.243 e. The molecule has 5 rings (SSSR count). The number of nitrogens with zero attached hydrogens (tertiary/aromatic N) is 2. The van der Waals surface area contributed by atoms with Gasteiger partial charge in [0.25, 0.3) is 0 Å². The number of amides is 1. The molecule has 144 valence electrons. The Kier molecular flexibility index (Phi) is 4.26. The quantitative estimate of drug-likeness (QED) is 0.702. The topological polar surface area (TPSA) is 23.6 Å². The number of para-hydroxylation sites is 1. The van der Waals surface area contributed by atoms with Gasteiger partial charge in [-0.3, -0.25) is 9.80 Å². The van der Waals surface area contributed by atoms with Crippen molar-refractivity contribution >= 4 is 17.2 Å². The van der Waals surface area contributed by atoms with Gasteiger partial charge >= 0.3 is 0 Å². The first-order valence-electron chi connectivity index (χ1n) is 10.7. The van der Waals surface area contributed by atoms with E-state index in [0.717, 1.165) is 12.2 Å². The second kappa shape index (κ2) is 6.80. The number of benzene rings is 2. The highest BCUT2D eigenvalue weighted by atomic mass is 16.2. The molecule has 2 aromatic rings. The fourth-order valence-corrected chi connectivity index (χ4v) is 5.49.